The fraction of sp³-hybridized carbons (Fsp3) is 0.286. The Labute approximate surface area is 214 Å². The molecule has 36 heavy (non-hydrogen) atoms. The van der Waals surface area contributed by atoms with E-state index in [-0.39, 0.29) is 11.3 Å². The number of benzene rings is 2. The smallest absolute Gasteiger partial charge is 0.339 e. The molecule has 0 aliphatic carbocycles. The zero-order valence-corrected chi connectivity index (χ0v) is 21.7. The van der Waals surface area contributed by atoms with Gasteiger partial charge in [-0.3, -0.25) is 4.79 Å². The molecule has 0 spiro atoms. The third-order valence-corrected chi connectivity index (χ3v) is 6.20. The van der Waals surface area contributed by atoms with Gasteiger partial charge in [-0.2, -0.15) is 0 Å². The van der Waals surface area contributed by atoms with Crippen LogP contribution in [0.4, 0.5) is 0 Å². The van der Waals surface area contributed by atoms with Crippen molar-refractivity contribution >= 4 is 28.5 Å². The first-order valence-electron chi connectivity index (χ1n) is 11.5. The molecule has 1 unspecified atom stereocenters. The van der Waals surface area contributed by atoms with Crippen LogP contribution in [0.15, 0.2) is 65.6 Å². The summed E-state index contributed by atoms with van der Waals surface area (Å²) in [4.78, 5) is 26.1. The van der Waals surface area contributed by atoms with E-state index in [1.54, 1.807) is 47.1 Å². The van der Waals surface area contributed by atoms with E-state index >= 15 is 0 Å². The van der Waals surface area contributed by atoms with E-state index in [2.05, 4.69) is 0 Å². The first kappa shape index (κ1) is 25.5. The number of aromatic nitrogens is 2. The minimum absolute atomic E-state index is 0.277. The number of nitrogens with zero attached hydrogens (tertiary/aromatic N) is 2. The molecule has 0 aliphatic rings. The number of ether oxygens (including phenoxy) is 2. The van der Waals surface area contributed by atoms with Crippen LogP contribution in [0, 0.1) is 0 Å². The second-order valence-electron chi connectivity index (χ2n) is 9.63. The number of carboxylic acids is 1. The molecule has 2 aromatic carbocycles. The van der Waals surface area contributed by atoms with Gasteiger partial charge < -0.3 is 23.7 Å². The Hall–Kier alpha value is -3.55. The van der Waals surface area contributed by atoms with Gasteiger partial charge in [0, 0.05) is 35.8 Å². The van der Waals surface area contributed by atoms with Crippen molar-refractivity contribution in [1.82, 2.24) is 9.13 Å². The van der Waals surface area contributed by atoms with Crippen LogP contribution in [0.2, 0.25) is 5.02 Å². The Morgan fingerprint density at radius 3 is 2.25 bits per heavy atom. The molecule has 7 nitrogen and oxygen atoms in total. The van der Waals surface area contributed by atoms with Crippen molar-refractivity contribution in [2.45, 2.75) is 39.0 Å². The van der Waals surface area contributed by atoms with Crippen molar-refractivity contribution < 1.29 is 19.4 Å². The molecule has 188 valence electrons. The van der Waals surface area contributed by atoms with Crippen molar-refractivity contribution in [3.05, 3.63) is 87.4 Å². The summed E-state index contributed by atoms with van der Waals surface area (Å²) >= 11 is 6.14. The van der Waals surface area contributed by atoms with E-state index in [4.69, 9.17) is 21.1 Å². The van der Waals surface area contributed by atoms with Crippen LogP contribution in [0.25, 0.3) is 22.0 Å². The van der Waals surface area contributed by atoms with Crippen molar-refractivity contribution in [3.63, 3.8) is 0 Å². The molecule has 1 atom stereocenters. The molecule has 0 aliphatic heterocycles. The number of pyridine rings is 1. The molecule has 4 rings (SSSR count). The van der Waals surface area contributed by atoms with Crippen LogP contribution < -0.4 is 10.3 Å². The van der Waals surface area contributed by atoms with Crippen LogP contribution in [0.3, 0.4) is 0 Å². The summed E-state index contributed by atoms with van der Waals surface area (Å²) in [5.74, 6) is -0.424. The van der Waals surface area contributed by atoms with Gasteiger partial charge in [0.05, 0.1) is 18.4 Å². The lowest BCUT2D eigenvalue weighted by Crippen LogP contribution is -2.33. The quantitative estimate of drug-likeness (QED) is 0.348. The molecule has 4 aromatic rings. The average molecular weight is 509 g/mol. The third-order valence-electron chi connectivity index (χ3n) is 5.95. The lowest BCUT2D eigenvalue weighted by Gasteiger charge is -2.28. The second-order valence-corrected chi connectivity index (χ2v) is 10.1. The summed E-state index contributed by atoms with van der Waals surface area (Å²) in [5, 5.41) is 11.4. The predicted molar refractivity (Wildman–Crippen MR) is 141 cm³/mol. The number of hydrogen-bond acceptors (Lipinski definition) is 4. The van der Waals surface area contributed by atoms with Crippen molar-refractivity contribution in [2.24, 2.45) is 7.05 Å². The average Bonchev–Trinajstić information content (AvgIpc) is 3.24. The molecule has 8 heteroatoms. The SMILES string of the molecule is COc1ccc(Cn2ccc3c(-c4ccc(Cl)cc4)c(C(OC(C)(C)C)C(=O)O)n(C)c(=O)c32)cc1. The van der Waals surface area contributed by atoms with Gasteiger partial charge in [0.2, 0.25) is 0 Å². The van der Waals surface area contributed by atoms with Crippen LogP contribution >= 0.6 is 11.6 Å². The summed E-state index contributed by atoms with van der Waals surface area (Å²) in [6.07, 6.45) is 0.489. The van der Waals surface area contributed by atoms with Crippen molar-refractivity contribution in [2.75, 3.05) is 7.11 Å². The van der Waals surface area contributed by atoms with Gasteiger partial charge in [-0.25, -0.2) is 4.79 Å². The fourth-order valence-corrected chi connectivity index (χ4v) is 4.48. The molecule has 2 heterocycles. The highest BCUT2D eigenvalue weighted by Gasteiger charge is 2.33. The number of carbonyl (C=O) groups is 1. The lowest BCUT2D eigenvalue weighted by atomic mass is 9.96. The summed E-state index contributed by atoms with van der Waals surface area (Å²) in [5.41, 5.74) is 2.04. The minimum atomic E-state index is -1.36. The van der Waals surface area contributed by atoms with Gasteiger partial charge in [-0.1, -0.05) is 35.9 Å². The normalized spacial score (nSPS) is 12.6. The zero-order valence-electron chi connectivity index (χ0n) is 20.9. The van der Waals surface area contributed by atoms with Crippen LogP contribution in [-0.4, -0.2) is 32.9 Å². The van der Waals surface area contributed by atoms with Crippen molar-refractivity contribution in [1.29, 1.82) is 0 Å². The highest BCUT2D eigenvalue weighted by molar-refractivity contribution is 6.30. The van der Waals surface area contributed by atoms with E-state index in [9.17, 15) is 14.7 Å². The minimum Gasteiger partial charge on any atom is -0.497 e. The first-order chi connectivity index (χ1) is 17.0. The van der Waals surface area contributed by atoms with Crippen molar-refractivity contribution in [3.8, 4) is 16.9 Å². The Kier molecular flexibility index (Phi) is 6.98. The summed E-state index contributed by atoms with van der Waals surface area (Å²) < 4.78 is 14.5. The first-order valence-corrected chi connectivity index (χ1v) is 11.9. The maximum absolute atomic E-state index is 13.7. The molecule has 0 radical (unpaired) electrons. The van der Waals surface area contributed by atoms with E-state index in [0.717, 1.165) is 16.9 Å². The molecule has 0 saturated carbocycles. The predicted octanol–water partition coefficient (Wildman–Crippen LogP) is 5.66. The number of rotatable bonds is 7. The van der Waals surface area contributed by atoms with E-state index < -0.39 is 17.7 Å². The molecule has 0 bridgehead atoms. The topological polar surface area (TPSA) is 82.7 Å². The number of carboxylic acid groups (broad SMARTS) is 1. The van der Waals surface area contributed by atoms with Gasteiger partial charge in [0.15, 0.2) is 6.10 Å². The molecular weight excluding hydrogens is 480 g/mol. The third kappa shape index (κ3) is 5.03. The summed E-state index contributed by atoms with van der Waals surface area (Å²) in [6.45, 7) is 5.82. The number of fused-ring (bicyclic) bond motifs is 1. The standard InChI is InChI=1S/C28H29ClN2O5/c1-28(2,3)36-25(27(33)34)24-22(18-8-10-19(29)11-9-18)21-14-15-31(23(21)26(32)30(24)4)16-17-6-12-20(35-5)13-7-17/h6-15,25H,16H2,1-5H3,(H,33,34). The number of hydrogen-bond donors (Lipinski definition) is 1. The molecule has 0 fully saturated rings. The molecule has 1 N–H and O–H groups in total. The number of methoxy groups -OCH3 is 1. The Balaban J connectivity index is 1.99. The zero-order chi connectivity index (χ0) is 26.2. The van der Waals surface area contributed by atoms with E-state index in [1.165, 1.54) is 4.57 Å². The summed E-state index contributed by atoms with van der Waals surface area (Å²) in [7, 11) is 3.20. The highest BCUT2D eigenvalue weighted by atomic mass is 35.5. The van der Waals surface area contributed by atoms with Gasteiger partial charge in [0.1, 0.15) is 11.3 Å². The molecule has 0 saturated heterocycles. The highest BCUT2D eigenvalue weighted by Crippen LogP contribution is 2.37. The lowest BCUT2D eigenvalue weighted by molar-refractivity contribution is -0.161. The summed E-state index contributed by atoms with van der Waals surface area (Å²) in [6, 6.07) is 16.6. The van der Waals surface area contributed by atoms with Crippen LogP contribution in [0.5, 0.6) is 5.75 Å². The number of aliphatic carboxylic acids is 1. The van der Waals surface area contributed by atoms with Crippen LogP contribution in [0.1, 0.15) is 38.1 Å². The van der Waals surface area contributed by atoms with Gasteiger partial charge in [-0.15, -0.1) is 0 Å². The van der Waals surface area contributed by atoms with Gasteiger partial charge >= 0.3 is 5.97 Å². The van der Waals surface area contributed by atoms with Gasteiger partial charge in [0.25, 0.3) is 5.56 Å². The maximum atomic E-state index is 13.7. The molecule has 2 aromatic heterocycles. The molecular formula is C28H29ClN2O5. The number of halogens is 1. The fourth-order valence-electron chi connectivity index (χ4n) is 4.35. The van der Waals surface area contributed by atoms with E-state index in [0.29, 0.717) is 28.0 Å². The van der Waals surface area contributed by atoms with Gasteiger partial charge in [-0.05, 0) is 62.2 Å². The largest absolute Gasteiger partial charge is 0.497 e. The Bertz CT molecular complexity index is 1460. The van der Waals surface area contributed by atoms with Crippen LogP contribution in [-0.2, 0) is 23.1 Å². The maximum Gasteiger partial charge on any atom is 0.339 e. The Morgan fingerprint density at radius 1 is 1.06 bits per heavy atom. The second kappa shape index (κ2) is 9.84. The van der Waals surface area contributed by atoms with E-state index in [1.807, 2.05) is 53.2 Å². The monoisotopic (exact) mass is 508 g/mol. The Morgan fingerprint density at radius 2 is 1.69 bits per heavy atom. The molecule has 0 amide bonds.